The zero-order valence-corrected chi connectivity index (χ0v) is 15.5. The van der Waals surface area contributed by atoms with Crippen molar-refractivity contribution in [2.75, 3.05) is 27.4 Å². The molecule has 2 aromatic carbocycles. The lowest BCUT2D eigenvalue weighted by Gasteiger charge is -2.09. The molecule has 0 unspecified atom stereocenters. The lowest BCUT2D eigenvalue weighted by Crippen LogP contribution is -2.09. The van der Waals surface area contributed by atoms with Crippen molar-refractivity contribution in [3.05, 3.63) is 59.7 Å². The van der Waals surface area contributed by atoms with Gasteiger partial charge in [-0.1, -0.05) is 10.3 Å². The van der Waals surface area contributed by atoms with E-state index in [0.717, 1.165) is 0 Å². The molecule has 0 radical (unpaired) electrons. The lowest BCUT2D eigenvalue weighted by atomic mass is 10.1. The minimum Gasteiger partial charge on any atom is -0.490 e. The van der Waals surface area contributed by atoms with E-state index in [1.54, 1.807) is 48.5 Å². The van der Waals surface area contributed by atoms with Gasteiger partial charge in [0.25, 0.3) is 0 Å². The van der Waals surface area contributed by atoms with Gasteiger partial charge in [-0.05, 0) is 48.5 Å². The molecule has 0 aromatic heterocycles. The minimum atomic E-state index is 0.191. The third-order valence-corrected chi connectivity index (χ3v) is 3.45. The van der Waals surface area contributed by atoms with E-state index in [0.29, 0.717) is 35.8 Å². The molecule has 0 amide bonds. The van der Waals surface area contributed by atoms with Crippen molar-refractivity contribution in [1.29, 1.82) is 10.5 Å². The Balaban J connectivity index is 1.83. The predicted molar refractivity (Wildman–Crippen MR) is 102 cm³/mol. The number of nitrogens with zero attached hydrogens (tertiary/aromatic N) is 4. The van der Waals surface area contributed by atoms with E-state index in [9.17, 15) is 0 Å². The van der Waals surface area contributed by atoms with Crippen molar-refractivity contribution in [1.82, 2.24) is 0 Å². The molecule has 0 fully saturated rings. The maximum atomic E-state index is 9.01. The summed E-state index contributed by atoms with van der Waals surface area (Å²) in [5.74, 6) is 1.29. The topological polar surface area (TPSA) is 109 Å². The predicted octanol–water partition coefficient (Wildman–Crippen LogP) is 2.89. The van der Waals surface area contributed by atoms with Crippen molar-refractivity contribution >= 4 is 11.4 Å². The molecule has 0 N–H and O–H groups in total. The maximum Gasteiger partial charge on any atom is 0.186 e. The zero-order valence-electron chi connectivity index (χ0n) is 15.5. The molecule has 0 spiro atoms. The van der Waals surface area contributed by atoms with Crippen molar-refractivity contribution in [2.45, 2.75) is 0 Å². The average Bonchev–Trinajstić information content (AvgIpc) is 2.74. The Morgan fingerprint density at radius 1 is 0.714 bits per heavy atom. The molecular weight excluding hydrogens is 360 g/mol. The summed E-state index contributed by atoms with van der Waals surface area (Å²) in [6, 6.07) is 17.8. The molecule has 8 heteroatoms. The highest BCUT2D eigenvalue weighted by molar-refractivity contribution is 6.11. The van der Waals surface area contributed by atoms with E-state index < -0.39 is 0 Å². The van der Waals surface area contributed by atoms with Gasteiger partial charge in [0, 0.05) is 11.1 Å². The van der Waals surface area contributed by atoms with E-state index in [-0.39, 0.29) is 11.4 Å². The molecule has 0 saturated carbocycles. The second kappa shape index (κ2) is 10.8. The number of ether oxygens (including phenoxy) is 2. The minimum absolute atomic E-state index is 0.191. The van der Waals surface area contributed by atoms with E-state index >= 15 is 0 Å². The number of hydrogen-bond donors (Lipinski definition) is 0. The third-order valence-electron chi connectivity index (χ3n) is 3.45. The fraction of sp³-hybridized carbons (Fsp3) is 0.200. The van der Waals surface area contributed by atoms with Gasteiger partial charge in [0.15, 0.2) is 11.4 Å². The standard InChI is InChI=1S/C20H18N4O4/c1-25-23-19(13-21)15-3-7-17(8-4-15)27-11-12-28-18-9-5-16(6-10-18)20(14-22)24-26-2/h3-10H,11-12H2,1-2H3. The first-order valence-corrected chi connectivity index (χ1v) is 8.20. The largest absolute Gasteiger partial charge is 0.490 e. The second-order valence-corrected chi connectivity index (χ2v) is 5.21. The van der Waals surface area contributed by atoms with Gasteiger partial charge < -0.3 is 19.1 Å². The van der Waals surface area contributed by atoms with Gasteiger partial charge in [-0.25, -0.2) is 0 Å². The first-order chi connectivity index (χ1) is 13.7. The van der Waals surface area contributed by atoms with Crippen LogP contribution in [0, 0.1) is 22.7 Å². The van der Waals surface area contributed by atoms with Crippen molar-refractivity contribution < 1.29 is 19.1 Å². The number of hydrogen-bond acceptors (Lipinski definition) is 8. The molecule has 0 aliphatic rings. The Morgan fingerprint density at radius 3 is 1.36 bits per heavy atom. The van der Waals surface area contributed by atoms with Crippen LogP contribution in [0.2, 0.25) is 0 Å². The number of benzene rings is 2. The smallest absolute Gasteiger partial charge is 0.186 e. The van der Waals surface area contributed by atoms with Crippen LogP contribution in [0.15, 0.2) is 58.8 Å². The third kappa shape index (κ3) is 5.75. The summed E-state index contributed by atoms with van der Waals surface area (Å²) in [6.07, 6.45) is 0. The van der Waals surface area contributed by atoms with Crippen molar-refractivity contribution in [2.24, 2.45) is 10.3 Å². The molecule has 28 heavy (non-hydrogen) atoms. The summed E-state index contributed by atoms with van der Waals surface area (Å²) in [5.41, 5.74) is 1.66. The molecule has 0 heterocycles. The summed E-state index contributed by atoms with van der Waals surface area (Å²) >= 11 is 0. The van der Waals surface area contributed by atoms with Gasteiger partial charge in [0.1, 0.15) is 51.1 Å². The Bertz CT molecular complexity index is 830. The molecule has 0 atom stereocenters. The Labute approximate surface area is 162 Å². The lowest BCUT2D eigenvalue weighted by molar-refractivity contribution is 0.214. The number of oxime groups is 2. The van der Waals surface area contributed by atoms with Crippen LogP contribution in [0.5, 0.6) is 11.5 Å². The number of rotatable bonds is 9. The zero-order chi connectivity index (χ0) is 20.2. The molecule has 0 bridgehead atoms. The van der Waals surface area contributed by atoms with Crippen LogP contribution in [0.3, 0.4) is 0 Å². The molecular formula is C20H18N4O4. The normalized spacial score (nSPS) is 11.1. The summed E-state index contributed by atoms with van der Waals surface area (Å²) < 4.78 is 11.2. The highest BCUT2D eigenvalue weighted by Crippen LogP contribution is 2.15. The van der Waals surface area contributed by atoms with Crippen LogP contribution in [0.4, 0.5) is 0 Å². The monoisotopic (exact) mass is 378 g/mol. The molecule has 2 aromatic rings. The summed E-state index contributed by atoms with van der Waals surface area (Å²) in [6.45, 7) is 0.680. The Morgan fingerprint density at radius 2 is 1.07 bits per heavy atom. The van der Waals surface area contributed by atoms with E-state index in [4.69, 9.17) is 20.0 Å². The van der Waals surface area contributed by atoms with Crippen LogP contribution in [0.1, 0.15) is 11.1 Å². The van der Waals surface area contributed by atoms with Crippen molar-refractivity contribution in [3.8, 4) is 23.6 Å². The number of nitriles is 2. The molecule has 142 valence electrons. The fourth-order valence-corrected chi connectivity index (χ4v) is 2.20. The first kappa shape index (κ1) is 20.3. The van der Waals surface area contributed by atoms with Crippen LogP contribution in [-0.2, 0) is 9.68 Å². The maximum absolute atomic E-state index is 9.01. The Kier molecular flexibility index (Phi) is 7.85. The van der Waals surface area contributed by atoms with Crippen molar-refractivity contribution in [3.63, 3.8) is 0 Å². The van der Waals surface area contributed by atoms with Crippen LogP contribution < -0.4 is 9.47 Å². The molecule has 2 rings (SSSR count). The van der Waals surface area contributed by atoms with Gasteiger partial charge in [-0.2, -0.15) is 10.5 Å². The second-order valence-electron chi connectivity index (χ2n) is 5.21. The van der Waals surface area contributed by atoms with Gasteiger partial charge in [0.2, 0.25) is 0 Å². The van der Waals surface area contributed by atoms with Gasteiger partial charge in [0.05, 0.1) is 0 Å². The molecule has 0 aliphatic carbocycles. The molecule has 8 nitrogen and oxygen atoms in total. The van der Waals surface area contributed by atoms with Crippen LogP contribution in [-0.4, -0.2) is 38.9 Å². The van der Waals surface area contributed by atoms with E-state index in [1.165, 1.54) is 14.2 Å². The average molecular weight is 378 g/mol. The molecule has 0 saturated heterocycles. The van der Waals surface area contributed by atoms with E-state index in [2.05, 4.69) is 20.0 Å². The van der Waals surface area contributed by atoms with Gasteiger partial charge >= 0.3 is 0 Å². The Hall–Kier alpha value is -4.04. The van der Waals surface area contributed by atoms with Gasteiger partial charge in [-0.3, -0.25) is 0 Å². The quantitative estimate of drug-likeness (QED) is 0.377. The summed E-state index contributed by atoms with van der Waals surface area (Å²) in [5, 5.41) is 25.3. The van der Waals surface area contributed by atoms with Gasteiger partial charge in [-0.15, -0.1) is 0 Å². The SMILES string of the molecule is CON=C(C#N)c1ccc(OCCOc2ccc(C(C#N)=NOC)cc2)cc1. The highest BCUT2D eigenvalue weighted by Gasteiger charge is 2.05. The fourth-order valence-electron chi connectivity index (χ4n) is 2.20. The first-order valence-electron chi connectivity index (χ1n) is 8.20. The summed E-state index contributed by atoms with van der Waals surface area (Å²) in [4.78, 5) is 9.26. The summed E-state index contributed by atoms with van der Waals surface area (Å²) in [7, 11) is 2.77. The highest BCUT2D eigenvalue weighted by atomic mass is 16.6. The van der Waals surface area contributed by atoms with E-state index in [1.807, 2.05) is 12.1 Å². The molecule has 0 aliphatic heterocycles. The van der Waals surface area contributed by atoms with Crippen LogP contribution in [0.25, 0.3) is 0 Å². The van der Waals surface area contributed by atoms with Crippen LogP contribution >= 0.6 is 0 Å².